The summed E-state index contributed by atoms with van der Waals surface area (Å²) in [5.74, 6) is 0. The average molecular weight is 389 g/mol. The van der Waals surface area contributed by atoms with E-state index in [0.717, 1.165) is 10.1 Å². The van der Waals surface area contributed by atoms with Gasteiger partial charge in [-0.15, -0.1) is 0 Å². The molecule has 0 aromatic carbocycles. The molecule has 1 saturated heterocycles. The van der Waals surface area contributed by atoms with Gasteiger partial charge in [0.2, 0.25) is 0 Å². The van der Waals surface area contributed by atoms with Gasteiger partial charge in [0.25, 0.3) is 0 Å². The highest BCUT2D eigenvalue weighted by molar-refractivity contribution is 14.1. The molecule has 5 nitrogen and oxygen atoms in total. The number of carbonyl (C=O) groups is 1. The zero-order chi connectivity index (χ0) is 14.5. The van der Waals surface area contributed by atoms with Crippen molar-refractivity contribution in [3.8, 4) is 0 Å². The van der Waals surface area contributed by atoms with Gasteiger partial charge in [0.05, 0.1) is 9.77 Å². The fourth-order valence-electron chi connectivity index (χ4n) is 3.13. The average Bonchev–Trinajstić information content (AvgIpc) is 2.57. The second-order valence-corrected chi connectivity index (χ2v) is 8.08. The number of halogens is 1. The van der Waals surface area contributed by atoms with Crippen molar-refractivity contribution in [3.63, 3.8) is 0 Å². The molecule has 1 unspecified atom stereocenters. The summed E-state index contributed by atoms with van der Waals surface area (Å²) in [5.41, 5.74) is -0.228. The first-order valence-electron chi connectivity index (χ1n) is 7.00. The van der Waals surface area contributed by atoms with E-state index >= 15 is 0 Å². The van der Waals surface area contributed by atoms with Crippen LogP contribution in [0, 0.1) is 8.99 Å². The van der Waals surface area contributed by atoms with E-state index in [-0.39, 0.29) is 17.7 Å². The monoisotopic (exact) mass is 389 g/mol. The maximum Gasteiger partial charge on any atom is 0.412 e. The number of hydrogen-bond donors (Lipinski definition) is 0. The molecule has 1 atom stereocenters. The molecule has 1 spiro atoms. The van der Waals surface area contributed by atoms with Crippen LogP contribution in [0.25, 0.3) is 0 Å². The summed E-state index contributed by atoms with van der Waals surface area (Å²) in [7, 11) is 0. The largest absolute Gasteiger partial charge is 0.444 e. The van der Waals surface area contributed by atoms with Crippen molar-refractivity contribution < 1.29 is 9.53 Å². The molecule has 1 aliphatic carbocycles. The van der Waals surface area contributed by atoms with Crippen LogP contribution in [0.1, 0.15) is 46.2 Å². The molecule has 20 heavy (non-hydrogen) atoms. The molecular formula is C14H20IN3O2. The van der Waals surface area contributed by atoms with E-state index in [4.69, 9.17) is 4.74 Å². The van der Waals surface area contributed by atoms with Crippen LogP contribution in [0.15, 0.2) is 12.4 Å². The lowest BCUT2D eigenvalue weighted by Gasteiger charge is -2.61. The predicted octanol–water partition coefficient (Wildman–Crippen LogP) is 3.41. The molecule has 1 aliphatic heterocycles. The maximum atomic E-state index is 12.3. The van der Waals surface area contributed by atoms with Crippen molar-refractivity contribution in [2.75, 3.05) is 6.54 Å². The van der Waals surface area contributed by atoms with Crippen LogP contribution < -0.4 is 0 Å². The van der Waals surface area contributed by atoms with Gasteiger partial charge in [0, 0.05) is 18.2 Å². The minimum atomic E-state index is -0.456. The minimum absolute atomic E-state index is 0.0228. The molecule has 2 fully saturated rings. The molecule has 1 saturated carbocycles. The second-order valence-electron chi connectivity index (χ2n) is 6.84. The van der Waals surface area contributed by atoms with Gasteiger partial charge in [-0.3, -0.25) is 4.90 Å². The summed E-state index contributed by atoms with van der Waals surface area (Å²) < 4.78 is 8.52. The summed E-state index contributed by atoms with van der Waals surface area (Å²) in [5, 5.41) is 4.40. The van der Waals surface area contributed by atoms with Gasteiger partial charge in [-0.25, -0.2) is 9.48 Å². The first-order valence-corrected chi connectivity index (χ1v) is 8.08. The first-order chi connectivity index (χ1) is 9.31. The quantitative estimate of drug-likeness (QED) is 0.692. The maximum absolute atomic E-state index is 12.3. The molecule has 3 rings (SSSR count). The summed E-state index contributed by atoms with van der Waals surface area (Å²) in [6, 6.07) is 0. The van der Waals surface area contributed by atoms with E-state index < -0.39 is 5.60 Å². The molecule has 0 radical (unpaired) electrons. The SMILES string of the molecule is CC(C)(C)OC(=O)N1CC2(CCC2)C1n1cc(I)cn1. The van der Waals surface area contributed by atoms with Gasteiger partial charge in [0.15, 0.2) is 0 Å². The Hall–Kier alpha value is -0.790. The fraction of sp³-hybridized carbons (Fsp3) is 0.714. The third kappa shape index (κ3) is 2.31. The lowest BCUT2D eigenvalue weighted by atomic mass is 9.61. The number of nitrogens with zero attached hydrogens (tertiary/aromatic N) is 3. The normalized spacial score (nSPS) is 24.2. The molecule has 1 amide bonds. The van der Waals surface area contributed by atoms with Crippen LogP contribution in [0.4, 0.5) is 4.79 Å². The van der Waals surface area contributed by atoms with E-state index in [1.807, 2.05) is 42.7 Å². The Morgan fingerprint density at radius 3 is 2.65 bits per heavy atom. The van der Waals surface area contributed by atoms with E-state index in [1.165, 1.54) is 19.3 Å². The Morgan fingerprint density at radius 2 is 2.20 bits per heavy atom. The highest BCUT2D eigenvalue weighted by Crippen LogP contribution is 2.58. The zero-order valence-corrected chi connectivity index (χ0v) is 14.3. The van der Waals surface area contributed by atoms with E-state index in [1.54, 1.807) is 0 Å². The Morgan fingerprint density at radius 1 is 1.50 bits per heavy atom. The molecule has 0 N–H and O–H groups in total. The molecule has 2 aliphatic rings. The third-order valence-corrected chi connectivity index (χ3v) is 4.68. The van der Waals surface area contributed by atoms with Crippen molar-refractivity contribution in [2.24, 2.45) is 5.41 Å². The number of aromatic nitrogens is 2. The van der Waals surface area contributed by atoms with Crippen molar-refractivity contribution in [2.45, 2.75) is 51.8 Å². The summed E-state index contributed by atoms with van der Waals surface area (Å²) in [6.07, 6.45) is 7.22. The molecule has 2 heterocycles. The van der Waals surface area contributed by atoms with Gasteiger partial charge >= 0.3 is 6.09 Å². The van der Waals surface area contributed by atoms with Gasteiger partial charge in [-0.05, 0) is 56.2 Å². The number of carbonyl (C=O) groups excluding carboxylic acids is 1. The molecule has 1 aromatic rings. The van der Waals surface area contributed by atoms with Crippen LogP contribution >= 0.6 is 22.6 Å². The van der Waals surface area contributed by atoms with E-state index in [0.29, 0.717) is 0 Å². The molecule has 110 valence electrons. The van der Waals surface area contributed by atoms with Crippen molar-refractivity contribution in [1.29, 1.82) is 0 Å². The topological polar surface area (TPSA) is 47.4 Å². The minimum Gasteiger partial charge on any atom is -0.444 e. The van der Waals surface area contributed by atoms with Gasteiger partial charge in [-0.2, -0.15) is 5.10 Å². The van der Waals surface area contributed by atoms with Crippen LogP contribution in [0.3, 0.4) is 0 Å². The van der Waals surface area contributed by atoms with Crippen molar-refractivity contribution >= 4 is 28.7 Å². The van der Waals surface area contributed by atoms with Gasteiger partial charge in [0.1, 0.15) is 11.8 Å². The standard InChI is InChI=1S/C14H20IN3O2/c1-13(2,3)20-12(19)17-9-14(5-4-6-14)11(17)18-8-10(15)7-16-18/h7-8,11H,4-6,9H2,1-3H3. The number of amides is 1. The van der Waals surface area contributed by atoms with Crippen molar-refractivity contribution in [1.82, 2.24) is 14.7 Å². The Balaban J connectivity index is 1.80. The summed E-state index contributed by atoms with van der Waals surface area (Å²) in [6.45, 7) is 6.49. The highest BCUT2D eigenvalue weighted by Gasteiger charge is 2.59. The van der Waals surface area contributed by atoms with Crippen LogP contribution in [0.2, 0.25) is 0 Å². The summed E-state index contributed by atoms with van der Waals surface area (Å²) in [4.78, 5) is 14.1. The van der Waals surface area contributed by atoms with Gasteiger partial charge in [-0.1, -0.05) is 6.42 Å². The number of ether oxygens (including phenoxy) is 1. The molecular weight excluding hydrogens is 369 g/mol. The third-order valence-electron chi connectivity index (χ3n) is 4.13. The highest BCUT2D eigenvalue weighted by atomic mass is 127. The van der Waals surface area contributed by atoms with Crippen LogP contribution in [-0.2, 0) is 4.74 Å². The van der Waals surface area contributed by atoms with Crippen molar-refractivity contribution in [3.05, 3.63) is 16.0 Å². The predicted molar refractivity (Wildman–Crippen MR) is 83.2 cm³/mol. The zero-order valence-electron chi connectivity index (χ0n) is 12.1. The Labute approximate surface area is 132 Å². The summed E-state index contributed by atoms with van der Waals surface area (Å²) >= 11 is 2.24. The fourth-order valence-corrected chi connectivity index (χ4v) is 3.54. The second kappa shape index (κ2) is 4.61. The first kappa shape index (κ1) is 14.2. The molecule has 0 bridgehead atoms. The molecule has 6 heteroatoms. The van der Waals surface area contributed by atoms with Crippen LogP contribution in [-0.4, -0.2) is 32.9 Å². The lowest BCUT2D eigenvalue weighted by Crippen LogP contribution is -2.65. The Kier molecular flexibility index (Phi) is 3.26. The number of rotatable bonds is 1. The van der Waals surface area contributed by atoms with E-state index in [2.05, 4.69) is 27.7 Å². The lowest BCUT2D eigenvalue weighted by molar-refractivity contribution is -0.159. The van der Waals surface area contributed by atoms with E-state index in [9.17, 15) is 4.79 Å². The Bertz CT molecular complexity index is 531. The smallest absolute Gasteiger partial charge is 0.412 e. The van der Waals surface area contributed by atoms with Crippen LogP contribution in [0.5, 0.6) is 0 Å². The van der Waals surface area contributed by atoms with Gasteiger partial charge < -0.3 is 4.74 Å². The number of hydrogen-bond acceptors (Lipinski definition) is 3. The number of likely N-dealkylation sites (tertiary alicyclic amines) is 1. The molecule has 1 aromatic heterocycles.